The molecule has 1 atom stereocenters. The van der Waals surface area contributed by atoms with E-state index in [-0.39, 0.29) is 0 Å². The van der Waals surface area contributed by atoms with Gasteiger partial charge in [0.2, 0.25) is 6.10 Å². The summed E-state index contributed by atoms with van der Waals surface area (Å²) in [7, 11) is 1.60. The molecule has 1 unspecified atom stereocenters. The van der Waals surface area contributed by atoms with Gasteiger partial charge < -0.3 is 15.2 Å². The van der Waals surface area contributed by atoms with E-state index in [1.54, 1.807) is 48.2 Å². The molecule has 0 aliphatic rings. The van der Waals surface area contributed by atoms with Crippen molar-refractivity contribution in [2.24, 2.45) is 5.73 Å². The summed E-state index contributed by atoms with van der Waals surface area (Å²) in [6.07, 6.45) is 3.52. The maximum absolute atomic E-state index is 12.6. The van der Waals surface area contributed by atoms with Gasteiger partial charge in [-0.25, -0.2) is 9.48 Å². The standard InChI is InChI=1S/C27H23N3O4/c1-33-23-15-12-19(13-16-23)25-21(18-30(29-25)22-10-6-3-7-11-22)14-17-24(31)34-26(27(28)32)20-8-4-2-5-9-20/h2-18,26H,1H3,(H2,28,32)/b17-14+. The summed E-state index contributed by atoms with van der Waals surface area (Å²) in [4.78, 5) is 24.4. The van der Waals surface area contributed by atoms with Crippen molar-refractivity contribution in [3.8, 4) is 22.7 Å². The zero-order chi connectivity index (χ0) is 23.9. The van der Waals surface area contributed by atoms with Gasteiger partial charge in [0.25, 0.3) is 5.91 Å². The minimum atomic E-state index is -1.17. The second-order valence-electron chi connectivity index (χ2n) is 7.40. The van der Waals surface area contributed by atoms with Crippen LogP contribution in [0.5, 0.6) is 5.75 Å². The Hall–Kier alpha value is -4.65. The summed E-state index contributed by atoms with van der Waals surface area (Å²) in [5, 5.41) is 4.72. The molecule has 7 heteroatoms. The van der Waals surface area contributed by atoms with Crippen LogP contribution >= 0.6 is 0 Å². The van der Waals surface area contributed by atoms with Gasteiger partial charge in [-0.2, -0.15) is 5.10 Å². The van der Waals surface area contributed by atoms with Gasteiger partial charge in [0, 0.05) is 29.0 Å². The number of nitrogens with two attached hydrogens (primary N) is 1. The first-order valence-corrected chi connectivity index (χ1v) is 10.6. The number of aromatic nitrogens is 2. The Bertz CT molecular complexity index is 1300. The molecule has 4 aromatic rings. The van der Waals surface area contributed by atoms with Gasteiger partial charge in [-0.15, -0.1) is 0 Å². The molecule has 0 aliphatic carbocycles. The molecule has 0 radical (unpaired) electrons. The zero-order valence-electron chi connectivity index (χ0n) is 18.5. The Morgan fingerprint density at radius 2 is 1.59 bits per heavy atom. The monoisotopic (exact) mass is 453 g/mol. The number of rotatable bonds is 8. The average Bonchev–Trinajstić information content (AvgIpc) is 3.31. The van der Waals surface area contributed by atoms with E-state index < -0.39 is 18.0 Å². The van der Waals surface area contributed by atoms with E-state index in [0.29, 0.717) is 16.8 Å². The second-order valence-corrected chi connectivity index (χ2v) is 7.40. The minimum Gasteiger partial charge on any atom is -0.497 e. The number of nitrogens with zero attached hydrogens (tertiary/aromatic N) is 2. The maximum atomic E-state index is 12.6. The first kappa shape index (κ1) is 22.5. The molecule has 0 spiro atoms. The number of esters is 1. The topological polar surface area (TPSA) is 96.4 Å². The molecule has 1 amide bonds. The van der Waals surface area contributed by atoms with Crippen molar-refractivity contribution in [3.05, 3.63) is 108 Å². The van der Waals surface area contributed by atoms with Crippen LogP contribution in [-0.4, -0.2) is 28.8 Å². The molecule has 4 rings (SSSR count). The van der Waals surface area contributed by atoms with Gasteiger partial charge >= 0.3 is 5.97 Å². The maximum Gasteiger partial charge on any atom is 0.331 e. The summed E-state index contributed by atoms with van der Waals surface area (Å²) in [6, 6.07) is 25.8. The average molecular weight is 453 g/mol. The Morgan fingerprint density at radius 1 is 0.941 bits per heavy atom. The normalized spacial score (nSPS) is 11.8. The molecule has 0 saturated heterocycles. The Kier molecular flexibility index (Phi) is 6.84. The number of amides is 1. The lowest BCUT2D eigenvalue weighted by Crippen LogP contribution is -2.25. The zero-order valence-corrected chi connectivity index (χ0v) is 18.5. The van der Waals surface area contributed by atoms with Crippen LogP contribution in [0, 0.1) is 0 Å². The molecular weight excluding hydrogens is 430 g/mol. The lowest BCUT2D eigenvalue weighted by molar-refractivity contribution is -0.150. The molecule has 170 valence electrons. The van der Waals surface area contributed by atoms with Crippen molar-refractivity contribution in [1.82, 2.24) is 9.78 Å². The predicted octanol–water partition coefficient (Wildman–Crippen LogP) is 4.33. The SMILES string of the molecule is COc1ccc(-c2nn(-c3ccccc3)cc2/C=C/C(=O)OC(C(N)=O)c2ccccc2)cc1. The summed E-state index contributed by atoms with van der Waals surface area (Å²) in [6.45, 7) is 0. The molecule has 34 heavy (non-hydrogen) atoms. The van der Waals surface area contributed by atoms with Crippen molar-refractivity contribution >= 4 is 18.0 Å². The number of hydrogen-bond acceptors (Lipinski definition) is 5. The van der Waals surface area contributed by atoms with Crippen molar-refractivity contribution in [1.29, 1.82) is 0 Å². The van der Waals surface area contributed by atoms with Crippen molar-refractivity contribution < 1.29 is 19.1 Å². The fourth-order valence-corrected chi connectivity index (χ4v) is 3.43. The van der Waals surface area contributed by atoms with E-state index in [0.717, 1.165) is 17.0 Å². The highest BCUT2D eigenvalue weighted by Gasteiger charge is 2.21. The quantitative estimate of drug-likeness (QED) is 0.316. The predicted molar refractivity (Wildman–Crippen MR) is 129 cm³/mol. The van der Waals surface area contributed by atoms with Crippen molar-refractivity contribution in [2.45, 2.75) is 6.10 Å². The van der Waals surface area contributed by atoms with Crippen LogP contribution in [-0.2, 0) is 14.3 Å². The lowest BCUT2D eigenvalue weighted by atomic mass is 10.1. The fourth-order valence-electron chi connectivity index (χ4n) is 3.43. The van der Waals surface area contributed by atoms with Crippen molar-refractivity contribution in [2.75, 3.05) is 7.11 Å². The van der Waals surface area contributed by atoms with E-state index in [9.17, 15) is 9.59 Å². The van der Waals surface area contributed by atoms with Crippen LogP contribution in [0.25, 0.3) is 23.0 Å². The van der Waals surface area contributed by atoms with E-state index in [1.165, 1.54) is 6.08 Å². The third-order valence-electron chi connectivity index (χ3n) is 5.12. The number of hydrogen-bond donors (Lipinski definition) is 1. The van der Waals surface area contributed by atoms with Gasteiger partial charge in [0.05, 0.1) is 18.5 Å². The number of carbonyl (C=O) groups is 2. The first-order chi connectivity index (χ1) is 16.5. The summed E-state index contributed by atoms with van der Waals surface area (Å²) >= 11 is 0. The third-order valence-corrected chi connectivity index (χ3v) is 5.12. The van der Waals surface area contributed by atoms with Gasteiger partial charge in [0.15, 0.2) is 0 Å². The molecule has 2 N–H and O–H groups in total. The highest BCUT2D eigenvalue weighted by Crippen LogP contribution is 2.27. The first-order valence-electron chi connectivity index (χ1n) is 10.6. The summed E-state index contributed by atoms with van der Waals surface area (Å²) in [5.41, 5.74) is 9.05. The Labute approximate surface area is 197 Å². The van der Waals surface area contributed by atoms with Crippen LogP contribution < -0.4 is 10.5 Å². The fraction of sp³-hybridized carbons (Fsp3) is 0.0741. The highest BCUT2D eigenvalue weighted by molar-refractivity contribution is 5.91. The van der Waals surface area contributed by atoms with E-state index in [4.69, 9.17) is 20.3 Å². The lowest BCUT2D eigenvalue weighted by Gasteiger charge is -2.13. The van der Waals surface area contributed by atoms with Crippen LogP contribution in [0.2, 0.25) is 0 Å². The number of para-hydroxylation sites is 1. The number of primary amides is 1. The van der Waals surface area contributed by atoms with Crippen LogP contribution in [0.3, 0.4) is 0 Å². The third kappa shape index (κ3) is 5.21. The van der Waals surface area contributed by atoms with E-state index >= 15 is 0 Å². The van der Waals surface area contributed by atoms with Crippen molar-refractivity contribution in [3.63, 3.8) is 0 Å². The van der Waals surface area contributed by atoms with E-state index in [2.05, 4.69) is 0 Å². The molecule has 0 aliphatic heterocycles. The molecule has 7 nitrogen and oxygen atoms in total. The molecule has 1 heterocycles. The summed E-state index contributed by atoms with van der Waals surface area (Å²) < 4.78 is 12.3. The molecule has 3 aromatic carbocycles. The number of ether oxygens (including phenoxy) is 2. The largest absolute Gasteiger partial charge is 0.497 e. The highest BCUT2D eigenvalue weighted by atomic mass is 16.5. The van der Waals surface area contributed by atoms with E-state index in [1.807, 2.05) is 60.8 Å². The number of methoxy groups -OCH3 is 1. The van der Waals surface area contributed by atoms with Crippen LogP contribution in [0.1, 0.15) is 17.2 Å². The minimum absolute atomic E-state index is 0.507. The molecule has 0 bridgehead atoms. The smallest absolute Gasteiger partial charge is 0.331 e. The van der Waals surface area contributed by atoms with Crippen LogP contribution in [0.4, 0.5) is 0 Å². The summed E-state index contributed by atoms with van der Waals surface area (Å²) in [5.74, 6) is -0.713. The van der Waals surface area contributed by atoms with Crippen LogP contribution in [0.15, 0.2) is 97.2 Å². The van der Waals surface area contributed by atoms with Gasteiger partial charge in [-0.3, -0.25) is 4.79 Å². The second kappa shape index (κ2) is 10.3. The number of benzene rings is 3. The van der Waals surface area contributed by atoms with Gasteiger partial charge in [-0.05, 0) is 42.5 Å². The van der Waals surface area contributed by atoms with Gasteiger partial charge in [-0.1, -0.05) is 48.5 Å². The Balaban J connectivity index is 1.63. The number of carbonyl (C=O) groups excluding carboxylic acids is 2. The van der Waals surface area contributed by atoms with Gasteiger partial charge in [0.1, 0.15) is 5.75 Å². The molecule has 0 fully saturated rings. The molecule has 0 saturated carbocycles. The molecular formula is C27H23N3O4. The Morgan fingerprint density at radius 3 is 2.21 bits per heavy atom. The molecule has 1 aromatic heterocycles.